The molecule has 3 aromatic carbocycles. The van der Waals surface area contributed by atoms with Crippen molar-refractivity contribution in [1.82, 2.24) is 3.97 Å². The van der Waals surface area contributed by atoms with Crippen molar-refractivity contribution in [2.24, 2.45) is 0 Å². The van der Waals surface area contributed by atoms with Crippen molar-refractivity contribution in [3.05, 3.63) is 79.4 Å². The molecule has 6 heteroatoms. The van der Waals surface area contributed by atoms with Gasteiger partial charge in [0.25, 0.3) is 0 Å². The number of nitrogens with zero attached hydrogens (tertiary/aromatic N) is 1. The van der Waals surface area contributed by atoms with Crippen molar-refractivity contribution < 1.29 is 8.42 Å². The first kappa shape index (κ1) is 17.3. The minimum atomic E-state index is -3.54. The van der Waals surface area contributed by atoms with E-state index in [1.54, 1.807) is 0 Å². The van der Waals surface area contributed by atoms with E-state index in [1.165, 1.54) is 3.97 Å². The molecule has 126 valence electrons. The molecule has 0 saturated heterocycles. The topological polar surface area (TPSA) is 39.1 Å². The first-order valence-electron chi connectivity index (χ1n) is 7.62. The van der Waals surface area contributed by atoms with Gasteiger partial charge in [-0.1, -0.05) is 30.3 Å². The van der Waals surface area contributed by atoms with Gasteiger partial charge >= 0.3 is 0 Å². The van der Waals surface area contributed by atoms with Gasteiger partial charge in [0.05, 0.1) is 16.8 Å². The van der Waals surface area contributed by atoms with Gasteiger partial charge in [0.15, 0.2) is 0 Å². The smallest absolute Gasteiger partial charge is 0.237 e. The van der Waals surface area contributed by atoms with E-state index < -0.39 is 10.0 Å². The largest absolute Gasteiger partial charge is 0.243 e. The summed E-state index contributed by atoms with van der Waals surface area (Å²) in [6.07, 6.45) is 0. The molecule has 0 radical (unpaired) electrons. The van der Waals surface area contributed by atoms with Gasteiger partial charge in [0, 0.05) is 17.9 Å². The van der Waals surface area contributed by atoms with Crippen LogP contribution in [0, 0.1) is 7.14 Å². The second-order valence-electron chi connectivity index (χ2n) is 5.83. The summed E-state index contributed by atoms with van der Waals surface area (Å²) < 4.78 is 30.1. The van der Waals surface area contributed by atoms with Crippen molar-refractivity contribution >= 4 is 77.0 Å². The summed E-state index contributed by atoms with van der Waals surface area (Å²) in [5, 5.41) is 1.94. The SMILES string of the molecule is O=S(=O)(Cc1ccccc1)n1c2ccc(I)cc2c2cc(I)ccc21. The monoisotopic (exact) mass is 573 g/mol. The van der Waals surface area contributed by atoms with E-state index in [2.05, 4.69) is 45.2 Å². The van der Waals surface area contributed by atoms with Gasteiger partial charge in [-0.2, -0.15) is 0 Å². The Labute approximate surface area is 173 Å². The Balaban J connectivity index is 2.02. The van der Waals surface area contributed by atoms with Gasteiger partial charge in [0.2, 0.25) is 10.0 Å². The molecule has 0 aliphatic rings. The van der Waals surface area contributed by atoms with Crippen LogP contribution >= 0.6 is 45.2 Å². The van der Waals surface area contributed by atoms with Gasteiger partial charge in [-0.3, -0.25) is 0 Å². The van der Waals surface area contributed by atoms with Crippen LogP contribution in [0.4, 0.5) is 0 Å². The van der Waals surface area contributed by atoms with E-state index in [-0.39, 0.29) is 5.75 Å². The number of hydrogen-bond acceptors (Lipinski definition) is 2. The standard InChI is InChI=1S/C19H13I2NO2S/c20-14-6-8-18-16(10-14)17-11-15(21)7-9-19(17)22(18)25(23,24)12-13-4-2-1-3-5-13/h1-11H,12H2. The molecule has 0 aliphatic heterocycles. The Morgan fingerprint density at radius 3 is 1.80 bits per heavy atom. The molecule has 0 bridgehead atoms. The third-order valence-electron chi connectivity index (χ3n) is 4.12. The summed E-state index contributed by atoms with van der Waals surface area (Å²) in [5.74, 6) is -0.0231. The Morgan fingerprint density at radius 1 is 0.760 bits per heavy atom. The molecular weight excluding hydrogens is 560 g/mol. The molecule has 0 N–H and O–H groups in total. The molecule has 0 aliphatic carbocycles. The van der Waals surface area contributed by atoms with Crippen LogP contribution in [0.25, 0.3) is 21.8 Å². The minimum Gasteiger partial charge on any atom is -0.237 e. The van der Waals surface area contributed by atoms with Crippen LogP contribution in [0.15, 0.2) is 66.7 Å². The molecule has 0 amide bonds. The van der Waals surface area contributed by atoms with E-state index in [9.17, 15) is 8.42 Å². The molecule has 0 saturated carbocycles. The lowest BCUT2D eigenvalue weighted by Gasteiger charge is -2.09. The lowest BCUT2D eigenvalue weighted by atomic mass is 10.2. The number of fused-ring (bicyclic) bond motifs is 3. The molecule has 0 atom stereocenters. The highest BCUT2D eigenvalue weighted by molar-refractivity contribution is 14.1. The Kier molecular flexibility index (Phi) is 4.53. The quantitative estimate of drug-likeness (QED) is 0.309. The number of benzene rings is 3. The average Bonchev–Trinajstić information content (AvgIpc) is 2.89. The van der Waals surface area contributed by atoms with Crippen molar-refractivity contribution in [2.45, 2.75) is 5.75 Å². The lowest BCUT2D eigenvalue weighted by molar-refractivity contribution is 0.589. The second-order valence-corrected chi connectivity index (χ2v) is 10.1. The molecule has 0 unspecified atom stereocenters. The maximum atomic E-state index is 13.2. The van der Waals surface area contributed by atoms with Gasteiger partial charge in [-0.15, -0.1) is 0 Å². The predicted octanol–water partition coefficient (Wildman–Crippen LogP) is 5.38. The zero-order chi connectivity index (χ0) is 17.6. The Hall–Kier alpha value is -1.13. The number of aromatic nitrogens is 1. The molecule has 1 heterocycles. The van der Waals surface area contributed by atoms with Crippen LogP contribution in [0.3, 0.4) is 0 Å². The van der Waals surface area contributed by atoms with Crippen LogP contribution in [-0.2, 0) is 15.8 Å². The molecule has 0 fully saturated rings. The number of rotatable bonds is 3. The third kappa shape index (κ3) is 3.19. The van der Waals surface area contributed by atoms with Crippen molar-refractivity contribution in [2.75, 3.05) is 0 Å². The molecule has 4 aromatic rings. The first-order chi connectivity index (χ1) is 12.0. The molecule has 0 spiro atoms. The molecule has 4 rings (SSSR count). The maximum Gasteiger partial charge on any atom is 0.243 e. The zero-order valence-corrected chi connectivity index (χ0v) is 18.1. The summed E-state index contributed by atoms with van der Waals surface area (Å²) in [4.78, 5) is 0. The van der Waals surface area contributed by atoms with Crippen molar-refractivity contribution in [3.63, 3.8) is 0 Å². The van der Waals surface area contributed by atoms with E-state index in [1.807, 2.05) is 66.7 Å². The van der Waals surface area contributed by atoms with Gasteiger partial charge in [-0.05, 0) is 87.1 Å². The second kappa shape index (κ2) is 6.55. The predicted molar refractivity (Wildman–Crippen MR) is 119 cm³/mol. The van der Waals surface area contributed by atoms with Crippen LogP contribution in [0.1, 0.15) is 5.56 Å². The van der Waals surface area contributed by atoms with Gasteiger partial charge in [0.1, 0.15) is 0 Å². The lowest BCUT2D eigenvalue weighted by Crippen LogP contribution is -2.14. The van der Waals surface area contributed by atoms with Crippen LogP contribution in [-0.4, -0.2) is 12.4 Å². The normalized spacial score (nSPS) is 12.1. The van der Waals surface area contributed by atoms with Crippen LogP contribution < -0.4 is 0 Å². The Bertz CT molecular complexity index is 1140. The number of halogens is 2. The fourth-order valence-corrected chi connectivity index (χ4v) is 5.72. The molecule has 25 heavy (non-hydrogen) atoms. The van der Waals surface area contributed by atoms with Crippen molar-refractivity contribution in [3.8, 4) is 0 Å². The van der Waals surface area contributed by atoms with Crippen LogP contribution in [0.2, 0.25) is 0 Å². The molecule has 1 aromatic heterocycles. The molecule has 3 nitrogen and oxygen atoms in total. The fraction of sp³-hybridized carbons (Fsp3) is 0.0526. The van der Waals surface area contributed by atoms with E-state index in [4.69, 9.17) is 0 Å². The Morgan fingerprint density at radius 2 is 1.28 bits per heavy atom. The highest BCUT2D eigenvalue weighted by Gasteiger charge is 2.22. The van der Waals surface area contributed by atoms with E-state index in [0.29, 0.717) is 0 Å². The van der Waals surface area contributed by atoms with Gasteiger partial charge < -0.3 is 0 Å². The molecular formula is C19H13I2NO2S. The van der Waals surface area contributed by atoms with Crippen molar-refractivity contribution in [1.29, 1.82) is 0 Å². The zero-order valence-electron chi connectivity index (χ0n) is 13.0. The highest BCUT2D eigenvalue weighted by atomic mass is 127. The summed E-state index contributed by atoms with van der Waals surface area (Å²) in [5.41, 5.74) is 2.25. The fourth-order valence-electron chi connectivity index (χ4n) is 3.08. The summed E-state index contributed by atoms with van der Waals surface area (Å²) in [7, 11) is -3.54. The van der Waals surface area contributed by atoms with E-state index in [0.717, 1.165) is 34.5 Å². The summed E-state index contributed by atoms with van der Waals surface area (Å²) >= 11 is 4.51. The summed E-state index contributed by atoms with van der Waals surface area (Å²) in [6.45, 7) is 0. The minimum absolute atomic E-state index is 0.0231. The van der Waals surface area contributed by atoms with Gasteiger partial charge in [-0.25, -0.2) is 12.4 Å². The maximum absolute atomic E-state index is 13.2. The summed E-state index contributed by atoms with van der Waals surface area (Å²) in [6, 6.07) is 21.1. The average molecular weight is 573 g/mol. The van der Waals surface area contributed by atoms with E-state index >= 15 is 0 Å². The first-order valence-corrected chi connectivity index (χ1v) is 11.4. The highest BCUT2D eigenvalue weighted by Crippen LogP contribution is 2.33. The van der Waals surface area contributed by atoms with Crippen LogP contribution in [0.5, 0.6) is 0 Å². The third-order valence-corrected chi connectivity index (χ3v) is 7.10. The number of hydrogen-bond donors (Lipinski definition) is 0.